The fourth-order valence-corrected chi connectivity index (χ4v) is 1.41. The zero-order valence-electron chi connectivity index (χ0n) is 11.0. The molecular weight excluding hydrogens is 246 g/mol. The molecule has 0 radical (unpaired) electrons. The van der Waals surface area contributed by atoms with E-state index in [1.807, 2.05) is 19.9 Å². The predicted octanol–water partition coefficient (Wildman–Crippen LogP) is 2.36. The number of carboxylic acids is 1. The maximum atomic E-state index is 11.4. The molecule has 1 aromatic carbocycles. The number of carboxylic acid groups (broad SMARTS) is 1. The van der Waals surface area contributed by atoms with Crippen molar-refractivity contribution in [1.29, 1.82) is 0 Å². The Hall–Kier alpha value is -2.30. The van der Waals surface area contributed by atoms with Gasteiger partial charge in [0.05, 0.1) is 6.61 Å². The molecule has 1 rings (SSSR count). The van der Waals surface area contributed by atoms with Crippen LogP contribution in [0.25, 0.3) is 0 Å². The van der Waals surface area contributed by atoms with Gasteiger partial charge < -0.3 is 15.2 Å². The normalized spacial score (nSPS) is 10.4. The van der Waals surface area contributed by atoms with Crippen molar-refractivity contribution in [2.75, 3.05) is 11.9 Å². The number of anilines is 1. The third-order valence-electron chi connectivity index (χ3n) is 2.31. The summed E-state index contributed by atoms with van der Waals surface area (Å²) in [4.78, 5) is 21.7. The molecule has 0 spiro atoms. The molecule has 1 aromatic rings. The van der Waals surface area contributed by atoms with Gasteiger partial charge in [-0.2, -0.15) is 0 Å². The summed E-state index contributed by atoms with van der Waals surface area (Å²) in [6.07, 6.45) is 2.70. The number of amides is 1. The number of hydrogen-bond donors (Lipinski definition) is 2. The van der Waals surface area contributed by atoms with Crippen molar-refractivity contribution in [1.82, 2.24) is 0 Å². The Morgan fingerprint density at radius 2 is 2.11 bits per heavy atom. The first-order valence-electron chi connectivity index (χ1n) is 5.98. The largest absolute Gasteiger partial charge is 0.494 e. The lowest BCUT2D eigenvalue weighted by molar-refractivity contribution is -0.131. The quantitative estimate of drug-likeness (QED) is 0.772. The minimum Gasteiger partial charge on any atom is -0.494 e. The van der Waals surface area contributed by atoms with Crippen molar-refractivity contribution in [3.63, 3.8) is 0 Å². The summed E-state index contributed by atoms with van der Waals surface area (Å²) in [5, 5.41) is 11.0. The molecule has 5 nitrogen and oxygen atoms in total. The van der Waals surface area contributed by atoms with Crippen LogP contribution >= 0.6 is 0 Å². The molecule has 0 fully saturated rings. The van der Waals surface area contributed by atoms with Gasteiger partial charge in [0.15, 0.2) is 0 Å². The van der Waals surface area contributed by atoms with Crippen molar-refractivity contribution in [3.8, 4) is 5.75 Å². The van der Waals surface area contributed by atoms with E-state index in [1.54, 1.807) is 12.1 Å². The first-order chi connectivity index (χ1) is 9.02. The van der Waals surface area contributed by atoms with Crippen molar-refractivity contribution >= 4 is 17.6 Å². The molecule has 0 aromatic heterocycles. The van der Waals surface area contributed by atoms with Crippen LogP contribution < -0.4 is 10.1 Å². The molecule has 5 heteroatoms. The fourth-order valence-electron chi connectivity index (χ4n) is 1.41. The van der Waals surface area contributed by atoms with Crippen LogP contribution in [-0.4, -0.2) is 23.6 Å². The van der Waals surface area contributed by atoms with Crippen LogP contribution in [0.4, 0.5) is 5.69 Å². The van der Waals surface area contributed by atoms with Gasteiger partial charge in [-0.1, -0.05) is 6.92 Å². The number of ether oxygens (including phenoxy) is 1. The highest BCUT2D eigenvalue weighted by Crippen LogP contribution is 2.21. The Labute approximate surface area is 111 Å². The summed E-state index contributed by atoms with van der Waals surface area (Å²) in [5.74, 6) is -0.888. The SMILES string of the molecule is CCCOc1ccc(NC(=O)/C=C/C(=O)O)c(C)c1. The third-order valence-corrected chi connectivity index (χ3v) is 2.31. The minimum absolute atomic E-state index is 0.479. The van der Waals surface area contributed by atoms with Gasteiger partial charge in [-0.05, 0) is 37.1 Å². The van der Waals surface area contributed by atoms with Crippen molar-refractivity contribution in [2.24, 2.45) is 0 Å². The molecule has 0 unspecified atom stereocenters. The number of carbonyl (C=O) groups excluding carboxylic acids is 1. The van der Waals surface area contributed by atoms with Crippen LogP contribution in [0.2, 0.25) is 0 Å². The smallest absolute Gasteiger partial charge is 0.328 e. The monoisotopic (exact) mass is 263 g/mol. The van der Waals surface area contributed by atoms with E-state index in [-0.39, 0.29) is 0 Å². The number of aliphatic carboxylic acids is 1. The van der Waals surface area contributed by atoms with Crippen molar-refractivity contribution < 1.29 is 19.4 Å². The molecule has 0 bridgehead atoms. The summed E-state index contributed by atoms with van der Waals surface area (Å²) in [5.41, 5.74) is 1.48. The van der Waals surface area contributed by atoms with E-state index < -0.39 is 11.9 Å². The number of benzene rings is 1. The zero-order chi connectivity index (χ0) is 14.3. The molecule has 1 amide bonds. The Morgan fingerprint density at radius 1 is 1.37 bits per heavy atom. The van der Waals surface area contributed by atoms with Crippen molar-refractivity contribution in [3.05, 3.63) is 35.9 Å². The second-order valence-electron chi connectivity index (χ2n) is 3.99. The van der Waals surface area contributed by atoms with Crippen molar-refractivity contribution in [2.45, 2.75) is 20.3 Å². The van der Waals surface area contributed by atoms with Gasteiger partial charge in [-0.25, -0.2) is 4.79 Å². The highest BCUT2D eigenvalue weighted by atomic mass is 16.5. The molecule has 19 heavy (non-hydrogen) atoms. The molecule has 0 atom stereocenters. The van der Waals surface area contributed by atoms with Crippen LogP contribution in [-0.2, 0) is 9.59 Å². The van der Waals surface area contributed by atoms with Crippen LogP contribution in [0.3, 0.4) is 0 Å². The second kappa shape index (κ2) is 7.20. The average molecular weight is 263 g/mol. The van der Waals surface area contributed by atoms with Crippen LogP contribution in [0.1, 0.15) is 18.9 Å². The van der Waals surface area contributed by atoms with E-state index in [4.69, 9.17) is 9.84 Å². The molecule has 0 saturated heterocycles. The second-order valence-corrected chi connectivity index (χ2v) is 3.99. The lowest BCUT2D eigenvalue weighted by Gasteiger charge is -2.09. The topological polar surface area (TPSA) is 75.6 Å². The lowest BCUT2D eigenvalue weighted by Crippen LogP contribution is -2.10. The van der Waals surface area contributed by atoms with E-state index in [2.05, 4.69) is 5.32 Å². The maximum Gasteiger partial charge on any atom is 0.328 e. The fraction of sp³-hybridized carbons (Fsp3) is 0.286. The van der Waals surface area contributed by atoms with Gasteiger partial charge in [0.1, 0.15) is 5.75 Å². The summed E-state index contributed by atoms with van der Waals surface area (Å²) in [6, 6.07) is 5.32. The maximum absolute atomic E-state index is 11.4. The van der Waals surface area contributed by atoms with Crippen LogP contribution in [0.15, 0.2) is 30.4 Å². The lowest BCUT2D eigenvalue weighted by atomic mass is 10.2. The Morgan fingerprint density at radius 3 is 2.68 bits per heavy atom. The highest BCUT2D eigenvalue weighted by Gasteiger charge is 2.04. The first kappa shape index (κ1) is 14.8. The number of nitrogens with one attached hydrogen (secondary N) is 1. The Bertz CT molecular complexity index is 494. The number of aryl methyl sites for hydroxylation is 1. The molecule has 0 aliphatic rings. The van der Waals surface area contributed by atoms with E-state index in [0.717, 1.165) is 29.9 Å². The molecule has 0 aliphatic carbocycles. The summed E-state index contributed by atoms with van der Waals surface area (Å²) in [6.45, 7) is 4.51. The average Bonchev–Trinajstić information content (AvgIpc) is 2.37. The zero-order valence-corrected chi connectivity index (χ0v) is 11.0. The van der Waals surface area contributed by atoms with Gasteiger partial charge >= 0.3 is 5.97 Å². The molecule has 102 valence electrons. The summed E-state index contributed by atoms with van der Waals surface area (Å²) in [7, 11) is 0. The minimum atomic E-state index is -1.16. The first-order valence-corrected chi connectivity index (χ1v) is 5.98. The summed E-state index contributed by atoms with van der Waals surface area (Å²) >= 11 is 0. The standard InChI is InChI=1S/C14H17NO4/c1-3-8-19-11-4-5-12(10(2)9-11)15-13(16)6-7-14(17)18/h4-7,9H,3,8H2,1-2H3,(H,15,16)(H,17,18)/b7-6+. The third kappa shape index (κ3) is 5.25. The highest BCUT2D eigenvalue weighted by molar-refractivity contribution is 6.02. The predicted molar refractivity (Wildman–Crippen MR) is 72.4 cm³/mol. The molecule has 0 saturated carbocycles. The van der Waals surface area contributed by atoms with Gasteiger partial charge in [-0.15, -0.1) is 0 Å². The Kier molecular flexibility index (Phi) is 5.60. The van der Waals surface area contributed by atoms with E-state index in [1.165, 1.54) is 0 Å². The Balaban J connectivity index is 2.69. The van der Waals surface area contributed by atoms with Gasteiger partial charge in [0.25, 0.3) is 0 Å². The molecule has 0 heterocycles. The van der Waals surface area contributed by atoms with E-state index >= 15 is 0 Å². The van der Waals surface area contributed by atoms with E-state index in [9.17, 15) is 9.59 Å². The van der Waals surface area contributed by atoms with E-state index in [0.29, 0.717) is 12.3 Å². The van der Waals surface area contributed by atoms with Crippen LogP contribution in [0, 0.1) is 6.92 Å². The molecular formula is C14H17NO4. The molecule has 2 N–H and O–H groups in total. The number of carbonyl (C=O) groups is 2. The molecule has 0 aliphatic heterocycles. The number of hydrogen-bond acceptors (Lipinski definition) is 3. The van der Waals surface area contributed by atoms with Gasteiger partial charge in [-0.3, -0.25) is 4.79 Å². The van der Waals surface area contributed by atoms with Crippen LogP contribution in [0.5, 0.6) is 5.75 Å². The summed E-state index contributed by atoms with van der Waals surface area (Å²) < 4.78 is 5.47. The van der Waals surface area contributed by atoms with Gasteiger partial charge in [0, 0.05) is 17.8 Å². The van der Waals surface area contributed by atoms with Gasteiger partial charge in [0.2, 0.25) is 5.91 Å². The number of rotatable bonds is 6.